The van der Waals surface area contributed by atoms with Gasteiger partial charge in [0.25, 0.3) is 0 Å². The van der Waals surface area contributed by atoms with Gasteiger partial charge < -0.3 is 5.73 Å². The van der Waals surface area contributed by atoms with Gasteiger partial charge in [-0.3, -0.25) is 0 Å². The van der Waals surface area contributed by atoms with Gasteiger partial charge in [0.1, 0.15) is 0 Å². The molecule has 1 fully saturated rings. The molecule has 2 rings (SSSR count). The molecule has 0 heterocycles. The van der Waals surface area contributed by atoms with E-state index in [9.17, 15) is 0 Å². The van der Waals surface area contributed by atoms with Gasteiger partial charge in [0, 0.05) is 11.5 Å². The number of rotatable bonds is 4. The molecule has 0 aromatic heterocycles. The van der Waals surface area contributed by atoms with Gasteiger partial charge in [-0.25, -0.2) is 0 Å². The summed E-state index contributed by atoms with van der Waals surface area (Å²) in [4.78, 5) is 0. The van der Waals surface area contributed by atoms with Crippen molar-refractivity contribution in [3.8, 4) is 0 Å². The van der Waals surface area contributed by atoms with E-state index in [0.717, 1.165) is 6.42 Å². The van der Waals surface area contributed by atoms with Crippen LogP contribution in [-0.2, 0) is 5.41 Å². The van der Waals surface area contributed by atoms with Gasteiger partial charge in [-0.05, 0) is 43.2 Å². The quantitative estimate of drug-likeness (QED) is 0.838. The molecule has 0 amide bonds. The second-order valence-corrected chi connectivity index (χ2v) is 6.06. The van der Waals surface area contributed by atoms with E-state index < -0.39 is 0 Å². The maximum absolute atomic E-state index is 6.52. The lowest BCUT2D eigenvalue weighted by Crippen LogP contribution is -2.51. The van der Waals surface area contributed by atoms with Gasteiger partial charge in [-0.2, -0.15) is 0 Å². The molecule has 1 saturated carbocycles. The standard InChI is InChI=1S/C16H25N/c1-12(2)11-15(17)16(9-6-10-16)14-8-5-4-7-13(14)3/h4-5,7-8,12,15H,6,9-11,17H2,1-3H3. The Morgan fingerprint density at radius 1 is 1.24 bits per heavy atom. The van der Waals surface area contributed by atoms with Gasteiger partial charge in [0.05, 0.1) is 0 Å². The van der Waals surface area contributed by atoms with Crippen molar-refractivity contribution < 1.29 is 0 Å². The van der Waals surface area contributed by atoms with Gasteiger partial charge in [-0.15, -0.1) is 0 Å². The van der Waals surface area contributed by atoms with Crippen LogP contribution in [0.5, 0.6) is 0 Å². The molecule has 1 aliphatic rings. The zero-order valence-corrected chi connectivity index (χ0v) is 11.4. The molecule has 1 aliphatic carbocycles. The summed E-state index contributed by atoms with van der Waals surface area (Å²) >= 11 is 0. The summed E-state index contributed by atoms with van der Waals surface area (Å²) in [6, 6.07) is 9.10. The van der Waals surface area contributed by atoms with Crippen molar-refractivity contribution in [1.82, 2.24) is 0 Å². The van der Waals surface area contributed by atoms with E-state index in [1.807, 2.05) is 0 Å². The Bertz CT molecular complexity index is 377. The molecule has 0 bridgehead atoms. The van der Waals surface area contributed by atoms with Crippen LogP contribution in [0.3, 0.4) is 0 Å². The SMILES string of the molecule is Cc1ccccc1C1(C(N)CC(C)C)CCC1. The van der Waals surface area contributed by atoms with Crippen molar-refractivity contribution in [2.24, 2.45) is 11.7 Å². The molecule has 0 saturated heterocycles. The molecule has 1 heteroatoms. The van der Waals surface area contributed by atoms with E-state index in [1.54, 1.807) is 0 Å². The minimum Gasteiger partial charge on any atom is -0.327 e. The molecular weight excluding hydrogens is 206 g/mol. The van der Waals surface area contributed by atoms with E-state index in [1.165, 1.54) is 30.4 Å². The Morgan fingerprint density at radius 3 is 2.35 bits per heavy atom. The van der Waals surface area contributed by atoms with Crippen LogP contribution in [0.25, 0.3) is 0 Å². The fourth-order valence-corrected chi connectivity index (χ4v) is 3.26. The molecule has 2 N–H and O–H groups in total. The number of hydrogen-bond acceptors (Lipinski definition) is 1. The van der Waals surface area contributed by atoms with E-state index in [4.69, 9.17) is 5.73 Å². The topological polar surface area (TPSA) is 26.0 Å². The summed E-state index contributed by atoms with van der Waals surface area (Å²) in [6.07, 6.45) is 5.01. The first-order chi connectivity index (χ1) is 8.06. The van der Waals surface area contributed by atoms with Crippen LogP contribution in [0, 0.1) is 12.8 Å². The Morgan fingerprint density at radius 2 is 1.88 bits per heavy atom. The molecular formula is C16H25N. The molecule has 1 nitrogen and oxygen atoms in total. The molecule has 0 spiro atoms. The zero-order valence-electron chi connectivity index (χ0n) is 11.4. The van der Waals surface area contributed by atoms with Crippen LogP contribution in [0.1, 0.15) is 50.7 Å². The first-order valence-corrected chi connectivity index (χ1v) is 6.88. The second kappa shape index (κ2) is 4.81. The minimum atomic E-state index is 0.273. The zero-order chi connectivity index (χ0) is 12.5. The molecule has 17 heavy (non-hydrogen) atoms. The predicted molar refractivity (Wildman–Crippen MR) is 74.1 cm³/mol. The van der Waals surface area contributed by atoms with Crippen LogP contribution in [0.15, 0.2) is 24.3 Å². The van der Waals surface area contributed by atoms with E-state index in [-0.39, 0.29) is 5.41 Å². The van der Waals surface area contributed by atoms with Crippen LogP contribution in [0.2, 0.25) is 0 Å². The van der Waals surface area contributed by atoms with E-state index >= 15 is 0 Å². The largest absolute Gasteiger partial charge is 0.327 e. The minimum absolute atomic E-state index is 0.273. The van der Waals surface area contributed by atoms with Crippen LogP contribution in [0.4, 0.5) is 0 Å². The first kappa shape index (κ1) is 12.6. The fourth-order valence-electron chi connectivity index (χ4n) is 3.26. The lowest BCUT2D eigenvalue weighted by molar-refractivity contribution is 0.177. The number of hydrogen-bond donors (Lipinski definition) is 1. The summed E-state index contributed by atoms with van der Waals surface area (Å²) in [5.74, 6) is 0.687. The van der Waals surface area contributed by atoms with Crippen molar-refractivity contribution in [2.75, 3.05) is 0 Å². The maximum atomic E-state index is 6.52. The third-order valence-electron chi connectivity index (χ3n) is 4.36. The summed E-state index contributed by atoms with van der Waals surface area (Å²) in [5, 5.41) is 0. The molecule has 0 aliphatic heterocycles. The number of benzene rings is 1. The summed E-state index contributed by atoms with van der Waals surface area (Å²) in [7, 11) is 0. The molecule has 1 aromatic rings. The lowest BCUT2D eigenvalue weighted by atomic mass is 9.58. The van der Waals surface area contributed by atoms with Gasteiger partial charge in [0.15, 0.2) is 0 Å². The monoisotopic (exact) mass is 231 g/mol. The molecule has 94 valence electrons. The highest BCUT2D eigenvalue weighted by Crippen LogP contribution is 2.48. The average Bonchev–Trinajstić information content (AvgIpc) is 2.18. The third kappa shape index (κ3) is 2.26. The van der Waals surface area contributed by atoms with Crippen molar-refractivity contribution in [2.45, 2.75) is 57.9 Å². The Kier molecular flexibility index (Phi) is 3.58. The highest BCUT2D eigenvalue weighted by atomic mass is 14.7. The maximum Gasteiger partial charge on any atom is 0.0139 e. The number of aryl methyl sites for hydroxylation is 1. The Labute approximate surface area is 105 Å². The van der Waals surface area contributed by atoms with Crippen molar-refractivity contribution in [3.63, 3.8) is 0 Å². The predicted octanol–water partition coefficient (Wildman–Crippen LogP) is 3.79. The molecule has 0 radical (unpaired) electrons. The number of nitrogens with two attached hydrogens (primary N) is 1. The normalized spacial score (nSPS) is 20.1. The first-order valence-electron chi connectivity index (χ1n) is 6.88. The average molecular weight is 231 g/mol. The van der Waals surface area contributed by atoms with Gasteiger partial charge in [-0.1, -0.05) is 44.5 Å². The van der Waals surface area contributed by atoms with E-state index in [0.29, 0.717) is 12.0 Å². The molecule has 1 unspecified atom stereocenters. The van der Waals surface area contributed by atoms with Gasteiger partial charge in [0.2, 0.25) is 0 Å². The molecule has 1 atom stereocenters. The van der Waals surface area contributed by atoms with Crippen molar-refractivity contribution in [1.29, 1.82) is 0 Å². The van der Waals surface area contributed by atoms with Crippen molar-refractivity contribution in [3.05, 3.63) is 35.4 Å². The Balaban J connectivity index is 2.28. The Hall–Kier alpha value is -0.820. The van der Waals surface area contributed by atoms with Gasteiger partial charge >= 0.3 is 0 Å². The highest BCUT2D eigenvalue weighted by Gasteiger charge is 2.44. The second-order valence-electron chi connectivity index (χ2n) is 6.06. The lowest BCUT2D eigenvalue weighted by Gasteiger charge is -2.48. The summed E-state index contributed by atoms with van der Waals surface area (Å²) in [6.45, 7) is 6.76. The smallest absolute Gasteiger partial charge is 0.0139 e. The highest BCUT2D eigenvalue weighted by molar-refractivity contribution is 5.37. The van der Waals surface area contributed by atoms with Crippen LogP contribution >= 0.6 is 0 Å². The van der Waals surface area contributed by atoms with Crippen LogP contribution in [-0.4, -0.2) is 6.04 Å². The van der Waals surface area contributed by atoms with Crippen molar-refractivity contribution >= 4 is 0 Å². The molecule has 1 aromatic carbocycles. The summed E-state index contributed by atoms with van der Waals surface area (Å²) < 4.78 is 0. The third-order valence-corrected chi connectivity index (χ3v) is 4.36. The van der Waals surface area contributed by atoms with Crippen LogP contribution < -0.4 is 5.73 Å². The van der Waals surface area contributed by atoms with E-state index in [2.05, 4.69) is 45.0 Å². The summed E-state index contributed by atoms with van der Waals surface area (Å²) in [5.41, 5.74) is 9.70. The fraction of sp³-hybridized carbons (Fsp3) is 0.625.